The molecule has 0 aliphatic heterocycles. The topological polar surface area (TPSA) is 94.8 Å². The standard InChI is InChI=1S/C21H32N6O2.HI/c1-5-22-20(24-16-21(2,29)18-13-25-27(4)15-18)23-12-11-19(28)26(3)14-17-9-7-6-8-10-17;/h6-10,13,15,29H,5,11-12,14,16H2,1-4H3,(H2,22,23,24);1H. The molecular formula is C21H33IN6O2. The maximum Gasteiger partial charge on any atom is 0.224 e. The van der Waals surface area contributed by atoms with Gasteiger partial charge in [0.15, 0.2) is 5.96 Å². The molecule has 0 aliphatic carbocycles. The fourth-order valence-corrected chi connectivity index (χ4v) is 2.79. The van der Waals surface area contributed by atoms with Crippen LogP contribution in [0.5, 0.6) is 0 Å². The summed E-state index contributed by atoms with van der Waals surface area (Å²) in [6.45, 7) is 5.58. The molecule has 0 fully saturated rings. The maximum atomic E-state index is 12.4. The third kappa shape index (κ3) is 8.31. The Balaban J connectivity index is 0.00000450. The average molecular weight is 528 g/mol. The van der Waals surface area contributed by atoms with E-state index in [9.17, 15) is 9.90 Å². The van der Waals surface area contributed by atoms with Crippen LogP contribution in [-0.2, 0) is 24.0 Å². The second-order valence-electron chi connectivity index (χ2n) is 7.28. The second-order valence-corrected chi connectivity index (χ2v) is 7.28. The lowest BCUT2D eigenvalue weighted by atomic mass is 10.0. The zero-order valence-electron chi connectivity index (χ0n) is 18.1. The van der Waals surface area contributed by atoms with Gasteiger partial charge in [0.1, 0.15) is 5.60 Å². The second kappa shape index (κ2) is 12.5. The number of benzene rings is 1. The Morgan fingerprint density at radius 1 is 1.30 bits per heavy atom. The number of amides is 1. The Hall–Kier alpha value is -2.14. The van der Waals surface area contributed by atoms with Crippen molar-refractivity contribution in [3.63, 3.8) is 0 Å². The van der Waals surface area contributed by atoms with Crippen LogP contribution >= 0.6 is 24.0 Å². The minimum Gasteiger partial charge on any atom is -0.383 e. The van der Waals surface area contributed by atoms with E-state index in [4.69, 9.17) is 0 Å². The summed E-state index contributed by atoms with van der Waals surface area (Å²) in [6.07, 6.45) is 3.76. The number of aromatic nitrogens is 2. The van der Waals surface area contributed by atoms with Crippen LogP contribution in [0, 0.1) is 0 Å². The van der Waals surface area contributed by atoms with Crippen molar-refractivity contribution in [1.29, 1.82) is 0 Å². The molecule has 1 heterocycles. The van der Waals surface area contributed by atoms with E-state index in [-0.39, 0.29) is 36.4 Å². The van der Waals surface area contributed by atoms with Crippen LogP contribution in [0.1, 0.15) is 31.4 Å². The van der Waals surface area contributed by atoms with Crippen LogP contribution in [0.15, 0.2) is 47.7 Å². The quantitative estimate of drug-likeness (QED) is 0.263. The number of guanidine groups is 1. The van der Waals surface area contributed by atoms with Gasteiger partial charge in [0, 0.05) is 51.9 Å². The molecule has 1 aromatic carbocycles. The predicted molar refractivity (Wildman–Crippen MR) is 130 cm³/mol. The summed E-state index contributed by atoms with van der Waals surface area (Å²) in [7, 11) is 3.61. The minimum atomic E-state index is -1.12. The SMILES string of the molecule is CCNC(=NCC(C)(O)c1cnn(C)c1)NCCC(=O)N(C)Cc1ccccc1.I. The fourth-order valence-electron chi connectivity index (χ4n) is 2.79. The van der Waals surface area contributed by atoms with E-state index in [1.54, 1.807) is 43.0 Å². The molecule has 2 aromatic rings. The molecule has 1 atom stereocenters. The third-order valence-corrected chi connectivity index (χ3v) is 4.54. The Kier molecular flexibility index (Phi) is 10.8. The molecule has 2 rings (SSSR count). The lowest BCUT2D eigenvalue weighted by Crippen LogP contribution is -2.40. The van der Waals surface area contributed by atoms with E-state index in [0.29, 0.717) is 37.6 Å². The van der Waals surface area contributed by atoms with Crippen molar-refractivity contribution in [2.24, 2.45) is 12.0 Å². The Morgan fingerprint density at radius 2 is 2.00 bits per heavy atom. The predicted octanol–water partition coefficient (Wildman–Crippen LogP) is 1.85. The Morgan fingerprint density at radius 3 is 2.60 bits per heavy atom. The molecule has 166 valence electrons. The van der Waals surface area contributed by atoms with Crippen molar-refractivity contribution < 1.29 is 9.90 Å². The zero-order valence-corrected chi connectivity index (χ0v) is 20.5. The molecule has 1 aromatic heterocycles. The van der Waals surface area contributed by atoms with Crippen LogP contribution in [0.3, 0.4) is 0 Å². The summed E-state index contributed by atoms with van der Waals surface area (Å²) in [5.74, 6) is 0.620. The van der Waals surface area contributed by atoms with Gasteiger partial charge in [0.25, 0.3) is 0 Å². The molecule has 0 aliphatic rings. The zero-order chi connectivity index (χ0) is 21.3. The Bertz CT molecular complexity index is 807. The number of carbonyl (C=O) groups is 1. The molecule has 9 heteroatoms. The number of aryl methyl sites for hydroxylation is 1. The molecule has 0 saturated heterocycles. The van der Waals surface area contributed by atoms with Gasteiger partial charge in [-0.15, -0.1) is 24.0 Å². The van der Waals surface area contributed by atoms with Crippen LogP contribution in [0.25, 0.3) is 0 Å². The van der Waals surface area contributed by atoms with Gasteiger partial charge in [-0.2, -0.15) is 5.10 Å². The van der Waals surface area contributed by atoms with Gasteiger partial charge in [-0.25, -0.2) is 4.99 Å². The van der Waals surface area contributed by atoms with Gasteiger partial charge in [-0.1, -0.05) is 30.3 Å². The lowest BCUT2D eigenvalue weighted by Gasteiger charge is -2.21. The van der Waals surface area contributed by atoms with Crippen molar-refractivity contribution in [3.8, 4) is 0 Å². The number of halogens is 1. The summed E-state index contributed by atoms with van der Waals surface area (Å²) in [4.78, 5) is 18.5. The molecular weight excluding hydrogens is 495 g/mol. The fraction of sp³-hybridized carbons (Fsp3) is 0.476. The summed E-state index contributed by atoms with van der Waals surface area (Å²) < 4.78 is 1.65. The number of nitrogens with zero attached hydrogens (tertiary/aromatic N) is 4. The summed E-state index contributed by atoms with van der Waals surface area (Å²) >= 11 is 0. The highest BCUT2D eigenvalue weighted by Crippen LogP contribution is 2.19. The van der Waals surface area contributed by atoms with Gasteiger partial charge >= 0.3 is 0 Å². The van der Waals surface area contributed by atoms with Crippen molar-refractivity contribution in [1.82, 2.24) is 25.3 Å². The largest absolute Gasteiger partial charge is 0.383 e. The first kappa shape index (κ1) is 25.9. The number of aliphatic hydroxyl groups is 1. The van der Waals surface area contributed by atoms with E-state index in [0.717, 1.165) is 5.56 Å². The molecule has 30 heavy (non-hydrogen) atoms. The van der Waals surface area contributed by atoms with Crippen molar-refractivity contribution in [2.75, 3.05) is 26.7 Å². The van der Waals surface area contributed by atoms with Crippen molar-refractivity contribution in [3.05, 3.63) is 53.9 Å². The first-order valence-electron chi connectivity index (χ1n) is 9.83. The van der Waals surface area contributed by atoms with Crippen LogP contribution in [-0.4, -0.2) is 58.3 Å². The molecule has 8 nitrogen and oxygen atoms in total. The molecule has 3 N–H and O–H groups in total. The maximum absolute atomic E-state index is 12.4. The van der Waals surface area contributed by atoms with Gasteiger partial charge in [-0.05, 0) is 19.4 Å². The molecule has 1 unspecified atom stereocenters. The number of nitrogens with one attached hydrogen (secondary N) is 2. The van der Waals surface area contributed by atoms with Crippen molar-refractivity contribution >= 4 is 35.8 Å². The van der Waals surface area contributed by atoms with Crippen LogP contribution in [0.4, 0.5) is 0 Å². The Labute approximate surface area is 195 Å². The number of hydrogen-bond acceptors (Lipinski definition) is 4. The number of hydrogen-bond donors (Lipinski definition) is 3. The molecule has 0 bridgehead atoms. The summed E-state index contributed by atoms with van der Waals surface area (Å²) in [5.41, 5.74) is 0.684. The minimum absolute atomic E-state index is 0. The van der Waals surface area contributed by atoms with Gasteiger partial charge in [-0.3, -0.25) is 9.48 Å². The van der Waals surface area contributed by atoms with Gasteiger partial charge in [0.2, 0.25) is 5.91 Å². The number of rotatable bonds is 9. The first-order chi connectivity index (χ1) is 13.8. The van der Waals surface area contributed by atoms with Crippen LogP contribution in [0.2, 0.25) is 0 Å². The van der Waals surface area contributed by atoms with E-state index in [1.165, 1.54) is 0 Å². The lowest BCUT2D eigenvalue weighted by molar-refractivity contribution is -0.130. The highest BCUT2D eigenvalue weighted by atomic mass is 127. The molecule has 0 saturated carbocycles. The van der Waals surface area contributed by atoms with E-state index in [1.807, 2.05) is 37.3 Å². The monoisotopic (exact) mass is 528 g/mol. The van der Waals surface area contributed by atoms with E-state index < -0.39 is 5.60 Å². The first-order valence-corrected chi connectivity index (χ1v) is 9.83. The van der Waals surface area contributed by atoms with Gasteiger partial charge in [0.05, 0.1) is 12.7 Å². The smallest absolute Gasteiger partial charge is 0.224 e. The van der Waals surface area contributed by atoms with Crippen molar-refractivity contribution in [2.45, 2.75) is 32.4 Å². The average Bonchev–Trinajstić information content (AvgIpc) is 3.14. The third-order valence-electron chi connectivity index (χ3n) is 4.54. The van der Waals surface area contributed by atoms with E-state index >= 15 is 0 Å². The van der Waals surface area contributed by atoms with E-state index in [2.05, 4.69) is 20.7 Å². The summed E-state index contributed by atoms with van der Waals surface area (Å²) in [5, 5.41) is 21.1. The highest BCUT2D eigenvalue weighted by Gasteiger charge is 2.24. The highest BCUT2D eigenvalue weighted by molar-refractivity contribution is 14.0. The van der Waals surface area contributed by atoms with Crippen LogP contribution < -0.4 is 10.6 Å². The molecule has 1 amide bonds. The molecule has 0 spiro atoms. The molecule has 0 radical (unpaired) electrons. The van der Waals surface area contributed by atoms with Gasteiger partial charge < -0.3 is 20.6 Å². The number of aliphatic imine (C=N–C) groups is 1. The summed E-state index contributed by atoms with van der Waals surface area (Å²) in [6, 6.07) is 9.91. The normalized spacial score (nSPS) is 13.2. The number of carbonyl (C=O) groups excluding carboxylic acids is 1.